The fraction of sp³-hybridized carbons (Fsp3) is 0.529. The number of anilines is 1. The minimum Gasteiger partial charge on any atom is -0.368 e. The van der Waals surface area contributed by atoms with E-state index in [9.17, 15) is 8.78 Å². The van der Waals surface area contributed by atoms with Crippen molar-refractivity contribution in [2.24, 2.45) is 0 Å². The van der Waals surface area contributed by atoms with Gasteiger partial charge in [-0.25, -0.2) is 18.7 Å². The second-order valence-electron chi connectivity index (χ2n) is 5.93. The minimum atomic E-state index is -2.67. The number of rotatable bonds is 6. The molecular weight excluding hydrogens is 298 g/mol. The topological polar surface area (TPSA) is 41.1 Å². The molecule has 1 unspecified atom stereocenters. The SMILES string of the molecule is CCC(CNc1nc(C(F)F)nc2ccccc12)N1CCCC1. The van der Waals surface area contributed by atoms with Gasteiger partial charge in [-0.3, -0.25) is 4.90 Å². The first-order chi connectivity index (χ1) is 11.2. The van der Waals surface area contributed by atoms with Gasteiger partial charge >= 0.3 is 0 Å². The summed E-state index contributed by atoms with van der Waals surface area (Å²) in [5, 5.41) is 4.07. The average Bonchev–Trinajstić information content (AvgIpc) is 3.09. The van der Waals surface area contributed by atoms with Crippen LogP contribution >= 0.6 is 0 Å². The van der Waals surface area contributed by atoms with Crippen molar-refractivity contribution in [2.45, 2.75) is 38.7 Å². The quantitative estimate of drug-likeness (QED) is 0.877. The highest BCUT2D eigenvalue weighted by molar-refractivity contribution is 5.89. The lowest BCUT2D eigenvalue weighted by Crippen LogP contribution is -2.37. The van der Waals surface area contributed by atoms with E-state index in [1.165, 1.54) is 12.8 Å². The molecule has 1 atom stereocenters. The Kier molecular flexibility index (Phi) is 5.00. The maximum Gasteiger partial charge on any atom is 0.297 e. The van der Waals surface area contributed by atoms with E-state index in [2.05, 4.69) is 27.1 Å². The largest absolute Gasteiger partial charge is 0.368 e. The Bertz CT molecular complexity index is 656. The summed E-state index contributed by atoms with van der Waals surface area (Å²) in [5.41, 5.74) is 0.550. The van der Waals surface area contributed by atoms with Crippen molar-refractivity contribution in [2.75, 3.05) is 25.0 Å². The van der Waals surface area contributed by atoms with E-state index in [0.29, 0.717) is 23.9 Å². The van der Waals surface area contributed by atoms with Gasteiger partial charge in [-0.15, -0.1) is 0 Å². The van der Waals surface area contributed by atoms with Gasteiger partial charge in [-0.1, -0.05) is 19.1 Å². The van der Waals surface area contributed by atoms with E-state index in [1.54, 1.807) is 12.1 Å². The van der Waals surface area contributed by atoms with Gasteiger partial charge in [0.25, 0.3) is 6.43 Å². The zero-order chi connectivity index (χ0) is 16.2. The first kappa shape index (κ1) is 16.1. The van der Waals surface area contributed by atoms with Crippen molar-refractivity contribution < 1.29 is 8.78 Å². The number of likely N-dealkylation sites (tertiary alicyclic amines) is 1. The summed E-state index contributed by atoms with van der Waals surface area (Å²) in [4.78, 5) is 10.5. The summed E-state index contributed by atoms with van der Waals surface area (Å²) >= 11 is 0. The number of para-hydroxylation sites is 1. The highest BCUT2D eigenvalue weighted by atomic mass is 19.3. The molecule has 0 saturated carbocycles. The number of hydrogen-bond donors (Lipinski definition) is 1. The average molecular weight is 320 g/mol. The van der Waals surface area contributed by atoms with Gasteiger partial charge < -0.3 is 5.32 Å². The van der Waals surface area contributed by atoms with E-state index in [1.807, 2.05) is 12.1 Å². The summed E-state index contributed by atoms with van der Waals surface area (Å²) in [6.45, 7) is 5.10. The molecule has 124 valence electrons. The molecule has 0 radical (unpaired) electrons. The van der Waals surface area contributed by atoms with E-state index in [4.69, 9.17) is 0 Å². The molecule has 1 fully saturated rings. The molecule has 2 heterocycles. The van der Waals surface area contributed by atoms with Crippen LogP contribution in [0, 0.1) is 0 Å². The highest BCUT2D eigenvalue weighted by Crippen LogP contribution is 2.25. The van der Waals surface area contributed by atoms with Crippen molar-refractivity contribution in [3.05, 3.63) is 30.1 Å². The molecule has 0 aliphatic carbocycles. The van der Waals surface area contributed by atoms with Gasteiger partial charge in [0.2, 0.25) is 0 Å². The molecule has 1 N–H and O–H groups in total. The molecule has 1 aliphatic heterocycles. The molecule has 1 aromatic heterocycles. The van der Waals surface area contributed by atoms with Crippen LogP contribution in [-0.4, -0.2) is 40.5 Å². The minimum absolute atomic E-state index is 0.404. The Morgan fingerprint density at radius 3 is 2.61 bits per heavy atom. The van der Waals surface area contributed by atoms with Crippen molar-refractivity contribution in [1.29, 1.82) is 0 Å². The third kappa shape index (κ3) is 3.58. The summed E-state index contributed by atoms with van der Waals surface area (Å²) in [5.74, 6) is 0.0870. The maximum atomic E-state index is 13.0. The van der Waals surface area contributed by atoms with Crippen LogP contribution in [0.2, 0.25) is 0 Å². The molecule has 0 amide bonds. The predicted molar refractivity (Wildman–Crippen MR) is 87.9 cm³/mol. The van der Waals surface area contributed by atoms with Gasteiger partial charge in [0, 0.05) is 18.0 Å². The zero-order valence-corrected chi connectivity index (χ0v) is 13.3. The Balaban J connectivity index is 1.83. The molecule has 4 nitrogen and oxygen atoms in total. The van der Waals surface area contributed by atoms with Crippen LogP contribution in [0.15, 0.2) is 24.3 Å². The standard InChI is InChI=1S/C17H22F2N4/c1-2-12(23-9-5-6-10-23)11-20-16-13-7-3-4-8-14(13)21-17(22-16)15(18)19/h3-4,7-8,12,15H,2,5-6,9-11H2,1H3,(H,20,21,22). The first-order valence-electron chi connectivity index (χ1n) is 8.21. The Labute approximate surface area is 134 Å². The van der Waals surface area contributed by atoms with Crippen LogP contribution in [0.3, 0.4) is 0 Å². The van der Waals surface area contributed by atoms with E-state index in [-0.39, 0.29) is 0 Å². The lowest BCUT2D eigenvalue weighted by Gasteiger charge is -2.27. The number of nitrogens with zero attached hydrogens (tertiary/aromatic N) is 3. The zero-order valence-electron chi connectivity index (χ0n) is 13.3. The second kappa shape index (κ2) is 7.17. The molecule has 6 heteroatoms. The molecule has 3 rings (SSSR count). The smallest absolute Gasteiger partial charge is 0.297 e. The predicted octanol–water partition coefficient (Wildman–Crippen LogP) is 3.85. The van der Waals surface area contributed by atoms with Crippen LogP contribution in [-0.2, 0) is 0 Å². The van der Waals surface area contributed by atoms with Crippen molar-refractivity contribution >= 4 is 16.7 Å². The second-order valence-corrected chi connectivity index (χ2v) is 5.93. The molecule has 1 aromatic carbocycles. The first-order valence-corrected chi connectivity index (χ1v) is 8.21. The lowest BCUT2D eigenvalue weighted by molar-refractivity contribution is 0.141. The van der Waals surface area contributed by atoms with E-state index in [0.717, 1.165) is 24.9 Å². The van der Waals surface area contributed by atoms with E-state index >= 15 is 0 Å². The number of fused-ring (bicyclic) bond motifs is 1. The van der Waals surface area contributed by atoms with Crippen LogP contribution in [0.4, 0.5) is 14.6 Å². The normalized spacial score (nSPS) is 17.0. The Morgan fingerprint density at radius 1 is 1.17 bits per heavy atom. The number of halogens is 2. The van der Waals surface area contributed by atoms with Crippen LogP contribution in [0.5, 0.6) is 0 Å². The number of nitrogens with one attached hydrogen (secondary N) is 1. The van der Waals surface area contributed by atoms with Gasteiger partial charge in [0.1, 0.15) is 5.82 Å². The third-order valence-corrected chi connectivity index (χ3v) is 4.45. The summed E-state index contributed by atoms with van der Waals surface area (Å²) in [7, 11) is 0. The van der Waals surface area contributed by atoms with Gasteiger partial charge in [0.15, 0.2) is 5.82 Å². The van der Waals surface area contributed by atoms with Crippen molar-refractivity contribution in [3.63, 3.8) is 0 Å². The van der Waals surface area contributed by atoms with Gasteiger partial charge in [-0.05, 0) is 44.5 Å². The number of benzene rings is 1. The third-order valence-electron chi connectivity index (χ3n) is 4.45. The van der Waals surface area contributed by atoms with Crippen molar-refractivity contribution in [1.82, 2.24) is 14.9 Å². The molecule has 2 aromatic rings. The van der Waals surface area contributed by atoms with Crippen LogP contribution in [0.25, 0.3) is 10.9 Å². The Morgan fingerprint density at radius 2 is 1.91 bits per heavy atom. The highest BCUT2D eigenvalue weighted by Gasteiger charge is 2.21. The van der Waals surface area contributed by atoms with Gasteiger partial charge in [0.05, 0.1) is 5.52 Å². The fourth-order valence-electron chi connectivity index (χ4n) is 3.18. The van der Waals surface area contributed by atoms with Gasteiger partial charge in [-0.2, -0.15) is 0 Å². The van der Waals surface area contributed by atoms with Crippen molar-refractivity contribution in [3.8, 4) is 0 Å². The number of alkyl halides is 2. The van der Waals surface area contributed by atoms with Crippen LogP contribution in [0.1, 0.15) is 38.4 Å². The summed E-state index contributed by atoms with van der Waals surface area (Å²) in [6, 6.07) is 7.68. The monoisotopic (exact) mass is 320 g/mol. The number of hydrogen-bond acceptors (Lipinski definition) is 4. The molecule has 23 heavy (non-hydrogen) atoms. The molecule has 0 bridgehead atoms. The molecule has 1 saturated heterocycles. The molecular formula is C17H22F2N4. The Hall–Kier alpha value is -1.82. The van der Waals surface area contributed by atoms with Crippen LogP contribution < -0.4 is 5.32 Å². The maximum absolute atomic E-state index is 13.0. The fourth-order valence-corrected chi connectivity index (χ4v) is 3.18. The number of aromatic nitrogens is 2. The summed E-state index contributed by atoms with van der Waals surface area (Å²) in [6.07, 6.45) is 0.837. The molecule has 0 spiro atoms. The summed E-state index contributed by atoms with van der Waals surface area (Å²) < 4.78 is 26.0. The lowest BCUT2D eigenvalue weighted by atomic mass is 10.2. The molecule has 1 aliphatic rings. The van der Waals surface area contributed by atoms with E-state index < -0.39 is 12.2 Å².